The van der Waals surface area contributed by atoms with Gasteiger partial charge < -0.3 is 0 Å². The van der Waals surface area contributed by atoms with Crippen molar-refractivity contribution in [1.29, 1.82) is 0 Å². The average Bonchev–Trinajstić information content (AvgIpc) is 2.72. The zero-order chi connectivity index (χ0) is 22.2. The molecule has 0 atom stereocenters. The van der Waals surface area contributed by atoms with E-state index < -0.39 is 9.24 Å². The minimum absolute atomic E-state index is 0.791. The zero-order valence-corrected chi connectivity index (χ0v) is 23.0. The van der Waals surface area contributed by atoms with Crippen molar-refractivity contribution in [3.05, 3.63) is 0 Å². The van der Waals surface area contributed by atoms with Crippen LogP contribution in [-0.2, 0) is 0 Å². The lowest BCUT2D eigenvalue weighted by atomic mass is 10.0. The van der Waals surface area contributed by atoms with Gasteiger partial charge in [-0.05, 0) is 36.5 Å². The third-order valence-electron chi connectivity index (χ3n) is 6.50. The second kappa shape index (κ2) is 24.3. The van der Waals surface area contributed by atoms with Gasteiger partial charge in [0.05, 0.1) is 0 Å². The van der Waals surface area contributed by atoms with Gasteiger partial charge in [-0.15, -0.1) is 0 Å². The lowest BCUT2D eigenvalue weighted by molar-refractivity contribution is 0.523. The van der Waals surface area contributed by atoms with E-state index in [1.165, 1.54) is 159 Å². The highest BCUT2D eigenvalue weighted by atomic mass is 35.7. The van der Waals surface area contributed by atoms with E-state index >= 15 is 0 Å². The zero-order valence-electron chi connectivity index (χ0n) is 21.5. The molecule has 0 bridgehead atoms. The van der Waals surface area contributed by atoms with Crippen LogP contribution in [0.4, 0.5) is 0 Å². The minimum Gasteiger partial charge on any atom is -0.163 e. The molecule has 2 heteroatoms. The van der Waals surface area contributed by atoms with E-state index in [0.717, 1.165) is 0 Å². The van der Waals surface area contributed by atoms with Crippen LogP contribution in [0.5, 0.6) is 0 Å². The van der Waals surface area contributed by atoms with Crippen LogP contribution in [-0.4, -0.2) is 17.3 Å². The molecule has 0 amide bonds. The molecule has 0 aliphatic rings. The highest BCUT2D eigenvalue weighted by Crippen LogP contribution is 2.54. The summed E-state index contributed by atoms with van der Waals surface area (Å²) < 4.78 is 0. The average molecular weight is 463 g/mol. The first-order chi connectivity index (χ1) is 14.7. The fourth-order valence-electron chi connectivity index (χ4n) is 4.65. The normalized spacial score (nSPS) is 12.5. The molecular weight excluding hydrogens is 404 g/mol. The number of halogens is 1. The maximum atomic E-state index is 6.91. The Balaban J connectivity index is 3.21. The molecule has 0 fully saturated rings. The van der Waals surface area contributed by atoms with Gasteiger partial charge in [-0.25, -0.2) is 0 Å². The topological polar surface area (TPSA) is 0 Å². The fraction of sp³-hybridized carbons (Fsp3) is 1.00. The Labute approximate surface area is 198 Å². The third-order valence-corrected chi connectivity index (χ3v) is 11.2. The minimum atomic E-state index is -0.791. The molecule has 0 aromatic carbocycles. The number of hydrogen-bond donors (Lipinski definition) is 0. The van der Waals surface area contributed by atoms with Gasteiger partial charge in [0.25, 0.3) is 0 Å². The summed E-state index contributed by atoms with van der Waals surface area (Å²) in [6.07, 6.45) is 31.7. The smallest absolute Gasteiger partial charge is 0.0101 e. The van der Waals surface area contributed by atoms with Gasteiger partial charge in [0, 0.05) is 0 Å². The van der Waals surface area contributed by atoms with Crippen molar-refractivity contribution >= 4 is 19.9 Å². The number of rotatable bonds is 25. The van der Waals surface area contributed by atoms with E-state index in [4.69, 9.17) is 10.7 Å². The van der Waals surface area contributed by atoms with Crippen LogP contribution < -0.4 is 0 Å². The van der Waals surface area contributed by atoms with Gasteiger partial charge >= 0.3 is 0 Å². The van der Waals surface area contributed by atoms with E-state index in [9.17, 15) is 0 Å². The molecule has 0 spiro atoms. The summed E-state index contributed by atoms with van der Waals surface area (Å²) in [5, 5.41) is 0. The second-order valence-electron chi connectivity index (χ2n) is 9.77. The summed E-state index contributed by atoms with van der Waals surface area (Å²) in [4.78, 5) is 0. The second-order valence-corrected chi connectivity index (χ2v) is 14.8. The summed E-state index contributed by atoms with van der Waals surface area (Å²) in [5.41, 5.74) is 0. The van der Waals surface area contributed by atoms with E-state index in [1.807, 2.05) is 0 Å². The Morgan fingerprint density at radius 1 is 0.333 bits per heavy atom. The summed E-state index contributed by atoms with van der Waals surface area (Å²) >= 11 is 0. The van der Waals surface area contributed by atoms with Crippen molar-refractivity contribution in [2.75, 3.05) is 17.3 Å². The van der Waals surface area contributed by atoms with Crippen molar-refractivity contribution in [3.63, 3.8) is 0 Å². The van der Waals surface area contributed by atoms with E-state index in [0.29, 0.717) is 0 Å². The predicted octanol–water partition coefficient (Wildman–Crippen LogP) is 11.6. The molecule has 0 heterocycles. The molecule has 0 aliphatic carbocycles. The van der Waals surface area contributed by atoms with Crippen molar-refractivity contribution < 1.29 is 0 Å². The Morgan fingerprint density at radius 2 is 0.600 bits per heavy atom. The summed E-state index contributed by atoms with van der Waals surface area (Å²) in [6.45, 7) is 6.88. The van der Waals surface area contributed by atoms with Gasteiger partial charge in [0.2, 0.25) is 0 Å². The Kier molecular flexibility index (Phi) is 24.8. The molecular formula is C28H59ClS. The van der Waals surface area contributed by atoms with Crippen molar-refractivity contribution in [3.8, 4) is 0 Å². The van der Waals surface area contributed by atoms with Crippen molar-refractivity contribution in [1.82, 2.24) is 0 Å². The molecule has 0 nitrogen and oxygen atoms in total. The lowest BCUT2D eigenvalue weighted by Crippen LogP contribution is -2.07. The molecule has 0 N–H and O–H groups in total. The first-order valence-corrected chi connectivity index (χ1v) is 17.1. The maximum absolute atomic E-state index is 6.91. The molecule has 0 saturated heterocycles. The highest BCUT2D eigenvalue weighted by molar-refractivity contribution is 8.51. The van der Waals surface area contributed by atoms with Crippen LogP contribution in [0.1, 0.15) is 162 Å². The monoisotopic (exact) mass is 462 g/mol. The van der Waals surface area contributed by atoms with E-state index in [2.05, 4.69) is 20.8 Å². The van der Waals surface area contributed by atoms with Crippen LogP contribution in [0.25, 0.3) is 0 Å². The van der Waals surface area contributed by atoms with Gasteiger partial charge in [0.15, 0.2) is 0 Å². The quantitative estimate of drug-likeness (QED) is 0.118. The largest absolute Gasteiger partial charge is 0.163 e. The summed E-state index contributed by atoms with van der Waals surface area (Å²) in [6, 6.07) is 0. The molecule has 0 unspecified atom stereocenters. The molecule has 0 aliphatic heterocycles. The van der Waals surface area contributed by atoms with Crippen LogP contribution in [0.3, 0.4) is 0 Å². The lowest BCUT2D eigenvalue weighted by Gasteiger charge is -2.32. The SMILES string of the molecule is CCCCCCCCCCCCCCCCCCCCCCS(Cl)(CCC)CCC. The highest BCUT2D eigenvalue weighted by Gasteiger charge is 2.18. The van der Waals surface area contributed by atoms with Gasteiger partial charge in [0.1, 0.15) is 0 Å². The number of unbranched alkanes of at least 4 members (excludes halogenated alkanes) is 19. The molecule has 0 saturated carbocycles. The third kappa shape index (κ3) is 21.9. The summed E-state index contributed by atoms with van der Waals surface area (Å²) in [7, 11) is 6.12. The van der Waals surface area contributed by atoms with Crippen molar-refractivity contribution in [2.45, 2.75) is 162 Å². The first-order valence-electron chi connectivity index (χ1n) is 14.1. The van der Waals surface area contributed by atoms with Gasteiger partial charge in [-0.3, -0.25) is 0 Å². The van der Waals surface area contributed by atoms with Crippen LogP contribution >= 0.6 is 19.9 Å². The Bertz CT molecular complexity index is 312. The Hall–Kier alpha value is 0.640. The van der Waals surface area contributed by atoms with Gasteiger partial charge in [-0.2, -0.15) is 9.24 Å². The maximum Gasteiger partial charge on any atom is -0.0101 e. The standard InChI is InChI=1S/C28H59ClS/c1-4-7-8-9-10-11-12-13-14-15-16-17-18-19-20-21-22-23-24-25-28-30(29,26-5-2)27-6-3/h4-28H2,1-3H3. The molecule has 0 radical (unpaired) electrons. The Morgan fingerprint density at radius 3 is 0.867 bits per heavy atom. The van der Waals surface area contributed by atoms with E-state index in [-0.39, 0.29) is 0 Å². The predicted molar refractivity (Wildman–Crippen MR) is 147 cm³/mol. The van der Waals surface area contributed by atoms with Crippen molar-refractivity contribution in [2.24, 2.45) is 0 Å². The molecule has 0 rings (SSSR count). The van der Waals surface area contributed by atoms with Crippen LogP contribution in [0.15, 0.2) is 0 Å². The first kappa shape index (κ1) is 30.6. The molecule has 184 valence electrons. The van der Waals surface area contributed by atoms with Crippen LogP contribution in [0, 0.1) is 0 Å². The summed E-state index contributed by atoms with van der Waals surface area (Å²) in [5.74, 6) is 3.87. The molecule has 30 heavy (non-hydrogen) atoms. The molecule has 0 aromatic rings. The number of hydrogen-bond acceptors (Lipinski definition) is 0. The molecule has 0 aromatic heterocycles. The van der Waals surface area contributed by atoms with Gasteiger partial charge in [-0.1, -0.05) is 153 Å². The van der Waals surface area contributed by atoms with E-state index in [1.54, 1.807) is 0 Å². The van der Waals surface area contributed by atoms with Crippen LogP contribution in [0.2, 0.25) is 0 Å². The fourth-order valence-corrected chi connectivity index (χ4v) is 8.70.